The summed E-state index contributed by atoms with van der Waals surface area (Å²) in [6, 6.07) is 15.1. The Morgan fingerprint density at radius 1 is 1.15 bits per heavy atom. The highest BCUT2D eigenvalue weighted by Gasteiger charge is 2.14. The minimum atomic E-state index is -0.149. The first kappa shape index (κ1) is 18.8. The number of hydrogen-bond acceptors (Lipinski definition) is 6. The average molecular weight is 383 g/mol. The quantitative estimate of drug-likeness (QED) is 0.481. The van der Waals surface area contributed by atoms with Crippen molar-refractivity contribution in [1.29, 1.82) is 0 Å². The Kier molecular flexibility index (Phi) is 5.97. The average Bonchev–Trinajstić information content (AvgIpc) is 3.03. The summed E-state index contributed by atoms with van der Waals surface area (Å²) in [6.07, 6.45) is 0. The Labute approximate surface area is 161 Å². The van der Waals surface area contributed by atoms with Gasteiger partial charge >= 0.3 is 0 Å². The number of ether oxygens (including phenoxy) is 1. The lowest BCUT2D eigenvalue weighted by Gasteiger charge is -2.07. The lowest BCUT2D eigenvalue weighted by molar-refractivity contribution is -0.113. The van der Waals surface area contributed by atoms with Gasteiger partial charge in [0.1, 0.15) is 5.75 Å². The Balaban J connectivity index is 1.58. The zero-order valence-corrected chi connectivity index (χ0v) is 16.0. The Morgan fingerprint density at radius 2 is 1.85 bits per heavy atom. The maximum Gasteiger partial charge on any atom is 0.234 e. The molecule has 0 aliphatic rings. The number of carbonyl (C=O) groups excluding carboxylic acids is 1. The van der Waals surface area contributed by atoms with Crippen molar-refractivity contribution in [3.63, 3.8) is 0 Å². The fourth-order valence-electron chi connectivity index (χ4n) is 2.40. The second-order valence-electron chi connectivity index (χ2n) is 5.84. The molecule has 0 saturated heterocycles. The van der Waals surface area contributed by atoms with E-state index in [1.807, 2.05) is 50.2 Å². The van der Waals surface area contributed by atoms with Crippen molar-refractivity contribution < 1.29 is 9.53 Å². The number of aryl methyl sites for hydroxylation is 1. The van der Waals surface area contributed by atoms with Gasteiger partial charge in [-0.15, -0.1) is 10.2 Å². The van der Waals surface area contributed by atoms with E-state index in [4.69, 9.17) is 10.6 Å². The molecule has 7 nitrogen and oxygen atoms in total. The SMILES string of the molecule is CCOc1ccc(NC(=O)CSc2nnc(-c3ccc(C)cc3)n2N)cc1. The van der Waals surface area contributed by atoms with Crippen LogP contribution in [0.25, 0.3) is 11.4 Å². The number of benzene rings is 2. The molecule has 0 unspecified atom stereocenters. The number of nitrogen functional groups attached to an aromatic ring is 1. The van der Waals surface area contributed by atoms with Crippen LogP contribution < -0.4 is 15.9 Å². The predicted molar refractivity (Wildman–Crippen MR) is 107 cm³/mol. The molecule has 0 aliphatic heterocycles. The van der Waals surface area contributed by atoms with Crippen molar-refractivity contribution in [3.05, 3.63) is 54.1 Å². The van der Waals surface area contributed by atoms with Crippen LogP contribution in [0.2, 0.25) is 0 Å². The van der Waals surface area contributed by atoms with Crippen LogP contribution in [0.5, 0.6) is 5.75 Å². The number of anilines is 1. The maximum absolute atomic E-state index is 12.2. The number of rotatable bonds is 7. The number of nitrogens with two attached hydrogens (primary N) is 1. The van der Waals surface area contributed by atoms with Crippen molar-refractivity contribution in [2.75, 3.05) is 23.5 Å². The molecule has 3 aromatic rings. The molecule has 0 radical (unpaired) electrons. The summed E-state index contributed by atoms with van der Waals surface area (Å²) >= 11 is 1.23. The molecule has 0 aliphatic carbocycles. The van der Waals surface area contributed by atoms with Gasteiger partial charge in [-0.1, -0.05) is 41.6 Å². The van der Waals surface area contributed by atoms with Crippen molar-refractivity contribution in [1.82, 2.24) is 14.9 Å². The van der Waals surface area contributed by atoms with Crippen LogP contribution in [0, 0.1) is 6.92 Å². The molecule has 1 aromatic heterocycles. The van der Waals surface area contributed by atoms with Crippen molar-refractivity contribution >= 4 is 23.4 Å². The van der Waals surface area contributed by atoms with Crippen molar-refractivity contribution in [2.45, 2.75) is 19.0 Å². The zero-order chi connectivity index (χ0) is 19.2. The van der Waals surface area contributed by atoms with Crippen LogP contribution in [-0.4, -0.2) is 33.1 Å². The van der Waals surface area contributed by atoms with E-state index in [9.17, 15) is 4.79 Å². The fourth-order valence-corrected chi connectivity index (χ4v) is 3.06. The molecular formula is C19H21N5O2S. The number of aromatic nitrogens is 3. The van der Waals surface area contributed by atoms with E-state index in [1.165, 1.54) is 16.4 Å². The Morgan fingerprint density at radius 3 is 2.52 bits per heavy atom. The van der Waals surface area contributed by atoms with Gasteiger partial charge in [0.25, 0.3) is 0 Å². The molecule has 0 fully saturated rings. The van der Waals surface area contributed by atoms with Crippen LogP contribution >= 0.6 is 11.8 Å². The number of carbonyl (C=O) groups is 1. The standard InChI is InChI=1S/C19H21N5O2S/c1-3-26-16-10-8-15(9-11-16)21-17(25)12-27-19-23-22-18(24(19)20)14-6-4-13(2)5-7-14/h4-11H,3,12,20H2,1-2H3,(H,21,25). The van der Waals surface area contributed by atoms with Crippen LogP contribution in [0.3, 0.4) is 0 Å². The number of nitrogens with one attached hydrogen (secondary N) is 1. The molecule has 27 heavy (non-hydrogen) atoms. The van der Waals surface area contributed by atoms with E-state index in [0.717, 1.165) is 16.9 Å². The first-order chi connectivity index (χ1) is 13.1. The highest BCUT2D eigenvalue weighted by molar-refractivity contribution is 7.99. The monoisotopic (exact) mass is 383 g/mol. The zero-order valence-electron chi connectivity index (χ0n) is 15.2. The lowest BCUT2D eigenvalue weighted by Crippen LogP contribution is -2.16. The largest absolute Gasteiger partial charge is 0.494 e. The van der Waals surface area contributed by atoms with Gasteiger partial charge in [-0.3, -0.25) is 4.79 Å². The molecule has 0 atom stereocenters. The fraction of sp³-hybridized carbons (Fsp3) is 0.211. The molecule has 8 heteroatoms. The second-order valence-corrected chi connectivity index (χ2v) is 6.78. The lowest BCUT2D eigenvalue weighted by atomic mass is 10.1. The van der Waals surface area contributed by atoms with Gasteiger partial charge in [-0.05, 0) is 38.1 Å². The van der Waals surface area contributed by atoms with Gasteiger partial charge in [-0.25, -0.2) is 4.68 Å². The van der Waals surface area contributed by atoms with Gasteiger partial charge in [0, 0.05) is 11.3 Å². The summed E-state index contributed by atoms with van der Waals surface area (Å²) in [6.45, 7) is 4.54. The van der Waals surface area contributed by atoms with E-state index in [0.29, 0.717) is 23.3 Å². The van der Waals surface area contributed by atoms with E-state index >= 15 is 0 Å². The number of hydrogen-bond donors (Lipinski definition) is 2. The van der Waals surface area contributed by atoms with Crippen LogP contribution in [0.4, 0.5) is 5.69 Å². The van der Waals surface area contributed by atoms with Gasteiger partial charge in [0.15, 0.2) is 5.82 Å². The molecule has 1 heterocycles. The molecule has 1 amide bonds. The normalized spacial score (nSPS) is 10.6. The number of amides is 1. The third kappa shape index (κ3) is 4.79. The van der Waals surface area contributed by atoms with Gasteiger partial charge in [0.2, 0.25) is 11.1 Å². The maximum atomic E-state index is 12.2. The molecule has 0 spiro atoms. The number of thioether (sulfide) groups is 1. The third-order valence-electron chi connectivity index (χ3n) is 3.76. The number of nitrogens with zero attached hydrogens (tertiary/aromatic N) is 3. The van der Waals surface area contributed by atoms with Crippen LogP contribution in [-0.2, 0) is 4.79 Å². The highest BCUT2D eigenvalue weighted by Crippen LogP contribution is 2.22. The van der Waals surface area contributed by atoms with E-state index in [2.05, 4.69) is 15.5 Å². The van der Waals surface area contributed by atoms with Gasteiger partial charge in [0.05, 0.1) is 12.4 Å². The highest BCUT2D eigenvalue weighted by atomic mass is 32.2. The molecule has 3 rings (SSSR count). The van der Waals surface area contributed by atoms with E-state index in [1.54, 1.807) is 12.1 Å². The molecule has 2 aromatic carbocycles. The molecular weight excluding hydrogens is 362 g/mol. The summed E-state index contributed by atoms with van der Waals surface area (Å²) in [4.78, 5) is 12.2. The molecule has 0 saturated carbocycles. The topological polar surface area (TPSA) is 95.1 Å². The first-order valence-electron chi connectivity index (χ1n) is 8.50. The molecule has 140 valence electrons. The Hall–Kier alpha value is -3.00. The second kappa shape index (κ2) is 8.59. The molecule has 3 N–H and O–H groups in total. The third-order valence-corrected chi connectivity index (χ3v) is 4.70. The van der Waals surface area contributed by atoms with Crippen molar-refractivity contribution in [3.8, 4) is 17.1 Å². The summed E-state index contributed by atoms with van der Waals surface area (Å²) in [5.41, 5.74) is 2.74. The molecule has 0 bridgehead atoms. The summed E-state index contributed by atoms with van der Waals surface area (Å²) in [5.74, 6) is 7.44. The minimum Gasteiger partial charge on any atom is -0.494 e. The Bertz CT molecular complexity index is 907. The van der Waals surface area contributed by atoms with E-state index < -0.39 is 0 Å². The summed E-state index contributed by atoms with van der Waals surface area (Å²) in [7, 11) is 0. The van der Waals surface area contributed by atoms with Gasteiger partial charge in [-0.2, -0.15) is 0 Å². The van der Waals surface area contributed by atoms with Crippen LogP contribution in [0.15, 0.2) is 53.7 Å². The van der Waals surface area contributed by atoms with Crippen molar-refractivity contribution in [2.24, 2.45) is 0 Å². The van der Waals surface area contributed by atoms with Gasteiger partial charge < -0.3 is 15.9 Å². The first-order valence-corrected chi connectivity index (χ1v) is 9.48. The van der Waals surface area contributed by atoms with E-state index in [-0.39, 0.29) is 11.7 Å². The smallest absolute Gasteiger partial charge is 0.234 e. The predicted octanol–water partition coefficient (Wildman–Crippen LogP) is 3.10. The minimum absolute atomic E-state index is 0.149. The summed E-state index contributed by atoms with van der Waals surface area (Å²) < 4.78 is 6.78. The summed E-state index contributed by atoms with van der Waals surface area (Å²) in [5, 5.41) is 11.5. The van der Waals surface area contributed by atoms with Crippen LogP contribution in [0.1, 0.15) is 12.5 Å².